The number of amides is 2. The number of hydrogen-bond acceptors (Lipinski definition) is 8. The van der Waals surface area contributed by atoms with E-state index in [0.717, 1.165) is 16.8 Å². The first-order chi connectivity index (χ1) is 21.3. The fourth-order valence-corrected chi connectivity index (χ4v) is 8.96. The number of fused-ring (bicyclic) bond motifs is 5. The molecule has 1 N–H and O–H groups in total. The molecule has 11 nitrogen and oxygen atoms in total. The van der Waals surface area contributed by atoms with E-state index in [4.69, 9.17) is 4.74 Å². The van der Waals surface area contributed by atoms with E-state index in [0.29, 0.717) is 53.3 Å². The number of carbonyl (C=O) groups excluding carboxylic acids is 1. The molecule has 2 amide bonds. The molecule has 0 radical (unpaired) electrons. The fourth-order valence-electron chi connectivity index (χ4n) is 7.57. The quantitative estimate of drug-likeness (QED) is 0.254. The normalized spacial score (nSPS) is 23.5. The molecule has 5 atom stereocenters. The largest absolute Gasteiger partial charge is 0.610 e. The highest BCUT2D eigenvalue weighted by atomic mass is 32.2. The van der Waals surface area contributed by atoms with E-state index in [1.165, 1.54) is 29.6 Å². The smallest absolute Gasteiger partial charge is 0.410 e. The molecule has 2 bridgehead atoms. The molecule has 9 rings (SSSR count). The van der Waals surface area contributed by atoms with Gasteiger partial charge in [0.05, 0.1) is 51.9 Å². The van der Waals surface area contributed by atoms with Crippen LogP contribution in [0.3, 0.4) is 0 Å². The van der Waals surface area contributed by atoms with Crippen LogP contribution in [0.25, 0.3) is 43.3 Å². The van der Waals surface area contributed by atoms with Gasteiger partial charge in [-0.05, 0) is 31.4 Å². The van der Waals surface area contributed by atoms with Gasteiger partial charge in [0.1, 0.15) is 17.5 Å². The molecule has 44 heavy (non-hydrogen) atoms. The van der Waals surface area contributed by atoms with Gasteiger partial charge in [0.15, 0.2) is 5.82 Å². The van der Waals surface area contributed by atoms with Crippen molar-refractivity contribution in [1.82, 2.24) is 29.3 Å². The summed E-state index contributed by atoms with van der Waals surface area (Å²) in [6, 6.07) is 6.53. The van der Waals surface area contributed by atoms with Gasteiger partial charge in [-0.15, -0.1) is 11.3 Å². The average Bonchev–Trinajstić information content (AvgIpc) is 3.83. The third kappa shape index (κ3) is 3.80. The highest BCUT2D eigenvalue weighted by Gasteiger charge is 2.56. The van der Waals surface area contributed by atoms with Crippen LogP contribution in [0.2, 0.25) is 0 Å². The van der Waals surface area contributed by atoms with E-state index in [2.05, 4.69) is 19.5 Å². The van der Waals surface area contributed by atoms with Crippen molar-refractivity contribution < 1.29 is 28.4 Å². The summed E-state index contributed by atoms with van der Waals surface area (Å²) < 4.78 is 37.9. The molecule has 5 aromatic rings. The Morgan fingerprint density at radius 3 is 2.80 bits per heavy atom. The monoisotopic (exact) mass is 634 g/mol. The highest BCUT2D eigenvalue weighted by Crippen LogP contribution is 2.53. The van der Waals surface area contributed by atoms with Crippen LogP contribution in [0.5, 0.6) is 0 Å². The molecule has 1 aromatic carbocycles. The number of aromatic nitrogens is 4. The summed E-state index contributed by atoms with van der Waals surface area (Å²) in [4.78, 5) is 41.8. The van der Waals surface area contributed by atoms with Crippen LogP contribution < -0.4 is 0 Å². The molecular weight excluding hydrogens is 607 g/mol. The van der Waals surface area contributed by atoms with E-state index in [1.807, 2.05) is 18.2 Å². The number of benzene rings is 1. The van der Waals surface area contributed by atoms with Crippen molar-refractivity contribution in [2.24, 2.45) is 5.92 Å². The maximum absolute atomic E-state index is 16.6. The summed E-state index contributed by atoms with van der Waals surface area (Å²) >= 11 is -0.144. The first kappa shape index (κ1) is 27.5. The Bertz CT molecular complexity index is 2010. The predicted molar refractivity (Wildman–Crippen MR) is 163 cm³/mol. The van der Waals surface area contributed by atoms with Crippen molar-refractivity contribution >= 4 is 66.7 Å². The minimum Gasteiger partial charge on any atom is -0.610 e. The number of hydrogen-bond donors (Lipinski definition) is 1. The number of rotatable bonds is 4. The zero-order valence-electron chi connectivity index (χ0n) is 23.8. The molecule has 4 fully saturated rings. The van der Waals surface area contributed by atoms with Crippen LogP contribution in [0.1, 0.15) is 37.0 Å². The number of pyridine rings is 2. The third-order valence-corrected chi connectivity index (χ3v) is 11.1. The van der Waals surface area contributed by atoms with Gasteiger partial charge in [0.2, 0.25) is 0 Å². The van der Waals surface area contributed by atoms with Crippen molar-refractivity contribution in [1.29, 1.82) is 0 Å². The number of halogens is 1. The minimum atomic E-state index is -1.60. The van der Waals surface area contributed by atoms with E-state index in [-0.39, 0.29) is 40.3 Å². The zero-order chi connectivity index (χ0) is 30.4. The van der Waals surface area contributed by atoms with Crippen molar-refractivity contribution in [2.45, 2.75) is 42.4 Å². The number of nitrogens with zero attached hydrogens (tertiary/aromatic N) is 6. The molecule has 3 aliphatic heterocycles. The number of para-hydroxylation sites is 1. The first-order valence-corrected chi connectivity index (χ1v) is 16.8. The molecule has 0 spiro atoms. The molecule has 7 heterocycles. The SMILES string of the molecule is COC(=O)N1CCCC1c1cc2c([S+](C)[O-])nc3c(F)c(-c4cccc5scnc45)ncc3c2n1[C@H]1[C@@H]2C[C@H]1N(C(=O)O)C2. The summed E-state index contributed by atoms with van der Waals surface area (Å²) in [5.41, 5.74) is 4.38. The number of carbonyl (C=O) groups is 2. The molecule has 3 saturated heterocycles. The Kier molecular flexibility index (Phi) is 6.26. The predicted octanol–water partition coefficient (Wildman–Crippen LogP) is 5.56. The number of likely N-dealkylation sites (tertiary alicyclic amines) is 1. The summed E-state index contributed by atoms with van der Waals surface area (Å²) in [5.74, 6) is -0.608. The summed E-state index contributed by atoms with van der Waals surface area (Å²) in [6.07, 6.45) is 3.81. The van der Waals surface area contributed by atoms with Crippen molar-refractivity contribution in [3.05, 3.63) is 47.5 Å². The number of methoxy groups -OCH3 is 1. The highest BCUT2D eigenvalue weighted by molar-refractivity contribution is 7.90. The Morgan fingerprint density at radius 1 is 1.20 bits per heavy atom. The number of carboxylic acid groups (broad SMARTS) is 1. The third-order valence-electron chi connectivity index (χ3n) is 9.45. The molecule has 2 unspecified atom stereocenters. The first-order valence-electron chi connectivity index (χ1n) is 14.3. The summed E-state index contributed by atoms with van der Waals surface area (Å²) in [6.45, 7) is 0.893. The summed E-state index contributed by atoms with van der Waals surface area (Å²) in [5, 5.41) is 11.2. The van der Waals surface area contributed by atoms with Crippen LogP contribution in [-0.2, 0) is 15.9 Å². The van der Waals surface area contributed by atoms with Gasteiger partial charge in [-0.3, -0.25) is 9.88 Å². The average molecular weight is 635 g/mol. The van der Waals surface area contributed by atoms with Crippen molar-refractivity contribution in [2.75, 3.05) is 26.5 Å². The number of thiazole rings is 1. The van der Waals surface area contributed by atoms with E-state index >= 15 is 4.39 Å². The lowest BCUT2D eigenvalue weighted by atomic mass is 9.79. The van der Waals surface area contributed by atoms with Crippen molar-refractivity contribution in [3.63, 3.8) is 0 Å². The standard InChI is InChI=1S/C30H27FN6O5S2/c1-42-30(40)35-8-4-6-18(35)19-10-16-27(37(19)26-14-9-20(26)36(12-14)29(38)39)17-11-32-24(22(31)25(17)34-28(16)44(2)41)15-5-3-7-21-23(15)33-13-43-21/h3,5,7,10-11,13-14,18,20,26H,4,6,8-9,12H2,1-2H3,(H,38,39)/t14-,18?,20-,26+,44?/m1/s1. The van der Waals surface area contributed by atoms with E-state index in [1.54, 1.807) is 22.7 Å². The second kappa shape index (κ2) is 10.0. The molecule has 1 saturated carbocycles. The van der Waals surface area contributed by atoms with Gasteiger partial charge < -0.3 is 23.9 Å². The van der Waals surface area contributed by atoms with E-state index in [9.17, 15) is 19.2 Å². The minimum absolute atomic E-state index is 0.0313. The second-order valence-electron chi connectivity index (χ2n) is 11.6. The van der Waals surface area contributed by atoms with Gasteiger partial charge in [0.25, 0.3) is 5.03 Å². The molecule has 4 aliphatic rings. The second-order valence-corrected chi connectivity index (χ2v) is 13.8. The molecular formula is C30H27FN6O5S2. The van der Waals surface area contributed by atoms with Crippen LogP contribution in [0.15, 0.2) is 41.0 Å². The lowest BCUT2D eigenvalue weighted by molar-refractivity contribution is 0.112. The number of ether oxygens (including phenoxy) is 1. The van der Waals surface area contributed by atoms with Crippen LogP contribution in [0, 0.1) is 11.7 Å². The molecule has 1 aliphatic carbocycles. The van der Waals surface area contributed by atoms with Gasteiger partial charge >= 0.3 is 12.2 Å². The van der Waals surface area contributed by atoms with Gasteiger partial charge in [-0.1, -0.05) is 12.1 Å². The summed E-state index contributed by atoms with van der Waals surface area (Å²) in [7, 11) is 1.35. The van der Waals surface area contributed by atoms with Crippen molar-refractivity contribution in [3.8, 4) is 11.3 Å². The Labute approximate surface area is 257 Å². The van der Waals surface area contributed by atoms with Gasteiger partial charge in [0, 0.05) is 53.0 Å². The van der Waals surface area contributed by atoms with Crippen LogP contribution >= 0.6 is 11.3 Å². The molecule has 226 valence electrons. The van der Waals surface area contributed by atoms with Gasteiger partial charge in [-0.2, -0.15) is 4.98 Å². The zero-order valence-corrected chi connectivity index (χ0v) is 25.4. The van der Waals surface area contributed by atoms with Crippen LogP contribution in [-0.4, -0.2) is 83.7 Å². The van der Waals surface area contributed by atoms with Crippen LogP contribution in [0.4, 0.5) is 14.0 Å². The Hall–Kier alpha value is -4.01. The molecule has 4 aromatic heterocycles. The lowest BCUT2D eigenvalue weighted by Gasteiger charge is -2.40. The molecule has 14 heteroatoms. The van der Waals surface area contributed by atoms with Gasteiger partial charge in [-0.25, -0.2) is 19.0 Å². The maximum Gasteiger partial charge on any atom is 0.410 e. The fraction of sp³-hybridized carbons (Fsp3) is 0.367. The van der Waals surface area contributed by atoms with E-state index < -0.39 is 29.2 Å². The lowest BCUT2D eigenvalue weighted by Crippen LogP contribution is -2.43. The maximum atomic E-state index is 16.6. The Balaban J connectivity index is 1.42. The topological polar surface area (TPSA) is 137 Å². The Morgan fingerprint density at radius 2 is 2.05 bits per heavy atom.